The number of hydrogen-bond acceptors (Lipinski definition) is 4. The van der Waals surface area contributed by atoms with Crippen molar-refractivity contribution in [2.75, 3.05) is 11.9 Å². The predicted molar refractivity (Wildman–Crippen MR) is 117 cm³/mol. The Morgan fingerprint density at radius 2 is 1.84 bits per heavy atom. The molecule has 1 N–H and O–H groups in total. The summed E-state index contributed by atoms with van der Waals surface area (Å²) in [6.45, 7) is 1.11. The number of furan rings is 2. The van der Waals surface area contributed by atoms with Crippen LogP contribution in [0.5, 0.6) is 0 Å². The van der Waals surface area contributed by atoms with E-state index in [0.29, 0.717) is 25.3 Å². The first-order valence-corrected chi connectivity index (χ1v) is 11.0. The van der Waals surface area contributed by atoms with Crippen LogP contribution in [0.3, 0.4) is 0 Å². The van der Waals surface area contributed by atoms with E-state index < -0.39 is 0 Å². The van der Waals surface area contributed by atoms with E-state index in [2.05, 4.69) is 5.32 Å². The number of rotatable bonds is 4. The Balaban J connectivity index is 1.25. The van der Waals surface area contributed by atoms with Gasteiger partial charge in [0.2, 0.25) is 5.91 Å². The van der Waals surface area contributed by atoms with Crippen LogP contribution in [0.2, 0.25) is 0 Å². The fraction of sp³-hybridized carbons (Fsp3) is 0.360. The van der Waals surface area contributed by atoms with Crippen molar-refractivity contribution < 1.29 is 18.4 Å². The molecule has 0 atom stereocenters. The Labute approximate surface area is 181 Å². The number of anilines is 1. The molecule has 2 aliphatic rings. The zero-order valence-corrected chi connectivity index (χ0v) is 17.4. The van der Waals surface area contributed by atoms with Crippen LogP contribution in [0.4, 0.5) is 5.69 Å². The molecule has 2 amide bonds. The number of hydrogen-bond donors (Lipinski definition) is 1. The van der Waals surface area contributed by atoms with Gasteiger partial charge in [-0.05, 0) is 55.3 Å². The van der Waals surface area contributed by atoms with Gasteiger partial charge in [0.1, 0.15) is 11.5 Å². The molecule has 6 nitrogen and oxygen atoms in total. The first kappa shape index (κ1) is 19.7. The molecule has 1 aromatic carbocycles. The summed E-state index contributed by atoms with van der Waals surface area (Å²) < 4.78 is 11.3. The van der Waals surface area contributed by atoms with Crippen molar-refractivity contribution in [1.29, 1.82) is 0 Å². The third-order valence-electron chi connectivity index (χ3n) is 6.30. The van der Waals surface area contributed by atoms with E-state index in [-0.39, 0.29) is 17.7 Å². The minimum absolute atomic E-state index is 0.100. The van der Waals surface area contributed by atoms with E-state index in [1.165, 1.54) is 12.7 Å². The van der Waals surface area contributed by atoms with E-state index in [1.54, 1.807) is 17.0 Å². The fourth-order valence-corrected chi connectivity index (χ4v) is 4.53. The molecule has 5 rings (SSSR count). The van der Waals surface area contributed by atoms with Crippen molar-refractivity contribution >= 4 is 17.5 Å². The molecule has 31 heavy (non-hydrogen) atoms. The van der Waals surface area contributed by atoms with Gasteiger partial charge in [0, 0.05) is 42.2 Å². The Hall–Kier alpha value is -3.28. The van der Waals surface area contributed by atoms with Crippen molar-refractivity contribution in [3.63, 3.8) is 0 Å². The lowest BCUT2D eigenvalue weighted by Gasteiger charge is -2.25. The Morgan fingerprint density at radius 1 is 1.03 bits per heavy atom. The molecule has 2 aromatic heterocycles. The minimum atomic E-state index is -0.100. The molecule has 1 aliphatic heterocycles. The van der Waals surface area contributed by atoms with Crippen LogP contribution in [0.15, 0.2) is 57.6 Å². The Morgan fingerprint density at radius 3 is 2.58 bits per heavy atom. The summed E-state index contributed by atoms with van der Waals surface area (Å²) in [4.78, 5) is 26.8. The fourth-order valence-electron chi connectivity index (χ4n) is 4.53. The van der Waals surface area contributed by atoms with Crippen LogP contribution in [0.1, 0.15) is 54.0 Å². The third-order valence-corrected chi connectivity index (χ3v) is 6.30. The molecule has 0 radical (unpaired) electrons. The molecule has 0 spiro atoms. The molecule has 0 bridgehead atoms. The zero-order valence-electron chi connectivity index (χ0n) is 17.4. The van der Waals surface area contributed by atoms with Gasteiger partial charge < -0.3 is 19.1 Å². The smallest absolute Gasteiger partial charge is 0.289 e. The van der Waals surface area contributed by atoms with Crippen LogP contribution >= 0.6 is 0 Å². The SMILES string of the molecule is O=C(Nc1ccc(-c2cc3c(o2)CCN(C(=O)c2ccco2)C3)cc1)C1CCCCC1. The monoisotopic (exact) mass is 418 g/mol. The third kappa shape index (κ3) is 4.15. The standard InChI is InChI=1S/C25H26N2O4/c28-24(18-5-2-1-3-6-18)26-20-10-8-17(9-11-20)23-15-19-16-27(13-12-21(19)31-23)25(29)22-7-4-14-30-22/h4,7-11,14-15,18H,1-3,5-6,12-13,16H2,(H,26,28). The number of nitrogens with one attached hydrogen (secondary N) is 1. The Kier molecular flexibility index (Phi) is 5.37. The van der Waals surface area contributed by atoms with Crippen molar-refractivity contribution in [2.24, 2.45) is 5.92 Å². The van der Waals surface area contributed by atoms with Gasteiger partial charge in [-0.2, -0.15) is 0 Å². The van der Waals surface area contributed by atoms with Gasteiger partial charge in [0.15, 0.2) is 5.76 Å². The van der Waals surface area contributed by atoms with Crippen molar-refractivity contribution in [1.82, 2.24) is 4.90 Å². The van der Waals surface area contributed by atoms with Crippen LogP contribution in [-0.2, 0) is 17.8 Å². The quantitative estimate of drug-likeness (QED) is 0.627. The van der Waals surface area contributed by atoms with E-state index >= 15 is 0 Å². The van der Waals surface area contributed by atoms with E-state index in [1.807, 2.05) is 30.3 Å². The lowest BCUT2D eigenvalue weighted by molar-refractivity contribution is -0.120. The molecular weight excluding hydrogens is 392 g/mol. The number of carbonyl (C=O) groups excluding carboxylic acids is 2. The van der Waals surface area contributed by atoms with Crippen LogP contribution in [0, 0.1) is 5.92 Å². The highest BCUT2D eigenvalue weighted by Crippen LogP contribution is 2.31. The van der Waals surface area contributed by atoms with Crippen molar-refractivity contribution in [3.8, 4) is 11.3 Å². The highest BCUT2D eigenvalue weighted by molar-refractivity contribution is 5.93. The number of nitrogens with zero attached hydrogens (tertiary/aromatic N) is 1. The van der Waals surface area contributed by atoms with Gasteiger partial charge >= 0.3 is 0 Å². The average Bonchev–Trinajstić information content (AvgIpc) is 3.49. The van der Waals surface area contributed by atoms with Gasteiger partial charge in [-0.25, -0.2) is 0 Å². The van der Waals surface area contributed by atoms with E-state index in [4.69, 9.17) is 8.83 Å². The Bertz CT molecular complexity index is 1060. The molecule has 3 aromatic rings. The number of amides is 2. The molecule has 6 heteroatoms. The molecule has 1 saturated carbocycles. The van der Waals surface area contributed by atoms with Gasteiger partial charge in [-0.1, -0.05) is 19.3 Å². The van der Waals surface area contributed by atoms with Crippen LogP contribution in [-0.4, -0.2) is 23.3 Å². The normalized spacial score (nSPS) is 16.7. The number of fused-ring (bicyclic) bond motifs is 1. The first-order chi connectivity index (χ1) is 15.2. The second-order valence-electron chi connectivity index (χ2n) is 8.41. The molecule has 0 saturated heterocycles. The highest BCUT2D eigenvalue weighted by Gasteiger charge is 2.26. The second-order valence-corrected chi connectivity index (χ2v) is 8.41. The average molecular weight is 418 g/mol. The molecule has 1 fully saturated rings. The number of carbonyl (C=O) groups is 2. The molecule has 1 aliphatic carbocycles. The maximum atomic E-state index is 12.6. The second kappa shape index (κ2) is 8.46. The maximum Gasteiger partial charge on any atom is 0.289 e. The molecule has 0 unspecified atom stereocenters. The predicted octanol–water partition coefficient (Wildman–Crippen LogP) is 5.26. The lowest BCUT2D eigenvalue weighted by Crippen LogP contribution is -2.35. The summed E-state index contributed by atoms with van der Waals surface area (Å²) in [5.74, 6) is 2.23. The van der Waals surface area contributed by atoms with Crippen LogP contribution in [0.25, 0.3) is 11.3 Å². The summed E-state index contributed by atoms with van der Waals surface area (Å²) in [6, 6.07) is 13.2. The number of benzene rings is 1. The van der Waals surface area contributed by atoms with Crippen molar-refractivity contribution in [3.05, 3.63) is 65.8 Å². The van der Waals surface area contributed by atoms with Gasteiger partial charge in [0.25, 0.3) is 5.91 Å². The minimum Gasteiger partial charge on any atom is -0.461 e. The summed E-state index contributed by atoms with van der Waals surface area (Å²) >= 11 is 0. The van der Waals surface area contributed by atoms with Crippen molar-refractivity contribution in [2.45, 2.75) is 45.1 Å². The van der Waals surface area contributed by atoms with Gasteiger partial charge in [-0.3, -0.25) is 9.59 Å². The van der Waals surface area contributed by atoms with E-state index in [0.717, 1.165) is 54.0 Å². The highest BCUT2D eigenvalue weighted by atomic mass is 16.3. The van der Waals surface area contributed by atoms with Gasteiger partial charge in [0.05, 0.1) is 6.26 Å². The summed E-state index contributed by atoms with van der Waals surface area (Å²) in [6.07, 6.45) is 7.69. The molecule has 3 heterocycles. The van der Waals surface area contributed by atoms with Gasteiger partial charge in [-0.15, -0.1) is 0 Å². The largest absolute Gasteiger partial charge is 0.461 e. The first-order valence-electron chi connectivity index (χ1n) is 11.0. The summed E-state index contributed by atoms with van der Waals surface area (Å²) in [7, 11) is 0. The molecule has 160 valence electrons. The lowest BCUT2D eigenvalue weighted by atomic mass is 9.88. The van der Waals surface area contributed by atoms with Crippen LogP contribution < -0.4 is 5.32 Å². The maximum absolute atomic E-state index is 12.6. The van der Waals surface area contributed by atoms with E-state index in [9.17, 15) is 9.59 Å². The topological polar surface area (TPSA) is 75.7 Å². The zero-order chi connectivity index (χ0) is 21.2. The summed E-state index contributed by atoms with van der Waals surface area (Å²) in [5, 5.41) is 3.05. The molecular formula is C25H26N2O4. The summed E-state index contributed by atoms with van der Waals surface area (Å²) in [5.41, 5.74) is 2.79.